The molecule has 0 bridgehead atoms. The van der Waals surface area contributed by atoms with E-state index in [2.05, 4.69) is 16.0 Å². The Bertz CT molecular complexity index is 472. The fourth-order valence-corrected chi connectivity index (χ4v) is 2.48. The van der Waals surface area contributed by atoms with Crippen molar-refractivity contribution in [1.82, 2.24) is 16.0 Å². The van der Waals surface area contributed by atoms with Crippen LogP contribution in [-0.4, -0.2) is 25.5 Å². The predicted octanol–water partition coefficient (Wildman–Crippen LogP) is 1.96. The summed E-state index contributed by atoms with van der Waals surface area (Å²) in [4.78, 5) is 23.1. The summed E-state index contributed by atoms with van der Waals surface area (Å²) in [5.41, 5.74) is 1.11. The van der Waals surface area contributed by atoms with Crippen molar-refractivity contribution in [2.45, 2.75) is 31.7 Å². The molecule has 0 radical (unpaired) electrons. The largest absolute Gasteiger partial charge is 0.358 e. The van der Waals surface area contributed by atoms with E-state index in [1.54, 1.807) is 7.05 Å². The molecule has 3 amide bonds. The lowest BCUT2D eigenvalue weighted by atomic mass is 9.79. The number of benzene rings is 1. The minimum absolute atomic E-state index is 0.00110. The van der Waals surface area contributed by atoms with E-state index >= 15 is 0 Å². The van der Waals surface area contributed by atoms with Gasteiger partial charge in [0.05, 0.1) is 12.6 Å². The summed E-state index contributed by atoms with van der Waals surface area (Å²) >= 11 is 0. The van der Waals surface area contributed by atoms with Crippen molar-refractivity contribution >= 4 is 11.9 Å². The topological polar surface area (TPSA) is 70.2 Å². The van der Waals surface area contributed by atoms with Crippen LogP contribution >= 0.6 is 0 Å². The Morgan fingerprint density at radius 1 is 1.24 bits per heavy atom. The number of rotatable bonds is 6. The van der Waals surface area contributed by atoms with Crippen LogP contribution in [0.15, 0.2) is 30.3 Å². The van der Waals surface area contributed by atoms with Gasteiger partial charge in [0, 0.05) is 7.05 Å². The van der Waals surface area contributed by atoms with Crippen LogP contribution in [0.4, 0.5) is 4.79 Å². The first-order valence-corrected chi connectivity index (χ1v) is 7.49. The van der Waals surface area contributed by atoms with Crippen molar-refractivity contribution in [1.29, 1.82) is 0 Å². The molecule has 0 saturated heterocycles. The van der Waals surface area contributed by atoms with Crippen molar-refractivity contribution in [2.75, 3.05) is 13.6 Å². The van der Waals surface area contributed by atoms with Gasteiger partial charge in [0.25, 0.3) is 0 Å². The van der Waals surface area contributed by atoms with Gasteiger partial charge in [-0.05, 0) is 17.9 Å². The zero-order chi connectivity index (χ0) is 15.1. The summed E-state index contributed by atoms with van der Waals surface area (Å²) in [6.07, 6.45) is 4.72. The van der Waals surface area contributed by atoms with Crippen LogP contribution in [-0.2, 0) is 4.79 Å². The van der Waals surface area contributed by atoms with E-state index in [0.29, 0.717) is 5.92 Å². The molecule has 5 nitrogen and oxygen atoms in total. The average molecular weight is 289 g/mol. The number of nitrogens with one attached hydrogen (secondary N) is 3. The molecule has 0 spiro atoms. The second kappa shape index (κ2) is 7.67. The number of urea groups is 1. The molecule has 1 atom stereocenters. The van der Waals surface area contributed by atoms with Gasteiger partial charge in [-0.1, -0.05) is 49.6 Å². The fourth-order valence-electron chi connectivity index (χ4n) is 2.48. The minimum Gasteiger partial charge on any atom is -0.358 e. The highest BCUT2D eigenvalue weighted by Gasteiger charge is 2.24. The lowest BCUT2D eigenvalue weighted by Gasteiger charge is -2.30. The molecule has 0 heterocycles. The van der Waals surface area contributed by atoms with E-state index in [1.165, 1.54) is 19.3 Å². The summed E-state index contributed by atoms with van der Waals surface area (Å²) < 4.78 is 0. The molecule has 21 heavy (non-hydrogen) atoms. The van der Waals surface area contributed by atoms with Crippen molar-refractivity contribution < 1.29 is 9.59 Å². The third kappa shape index (κ3) is 4.77. The van der Waals surface area contributed by atoms with Crippen molar-refractivity contribution in [3.8, 4) is 0 Å². The second-order valence-corrected chi connectivity index (χ2v) is 5.50. The smallest absolute Gasteiger partial charge is 0.315 e. The van der Waals surface area contributed by atoms with Crippen molar-refractivity contribution in [3.63, 3.8) is 0 Å². The maximum absolute atomic E-state index is 11.9. The monoisotopic (exact) mass is 289 g/mol. The average Bonchev–Trinajstić information content (AvgIpc) is 2.48. The Hall–Kier alpha value is -2.04. The zero-order valence-electron chi connectivity index (χ0n) is 12.4. The number of hydrogen-bond donors (Lipinski definition) is 3. The van der Waals surface area contributed by atoms with Gasteiger partial charge in [-0.2, -0.15) is 0 Å². The van der Waals surface area contributed by atoms with E-state index in [9.17, 15) is 9.59 Å². The van der Waals surface area contributed by atoms with Gasteiger partial charge in [0.2, 0.25) is 5.91 Å². The maximum Gasteiger partial charge on any atom is 0.315 e. The van der Waals surface area contributed by atoms with Crippen molar-refractivity contribution in [3.05, 3.63) is 35.9 Å². The van der Waals surface area contributed by atoms with Crippen LogP contribution in [0, 0.1) is 5.92 Å². The van der Waals surface area contributed by atoms with E-state index in [1.807, 2.05) is 30.3 Å². The van der Waals surface area contributed by atoms with Crippen LogP contribution in [0.3, 0.4) is 0 Å². The lowest BCUT2D eigenvalue weighted by Crippen LogP contribution is -2.43. The Morgan fingerprint density at radius 2 is 1.95 bits per heavy atom. The Kier molecular flexibility index (Phi) is 5.60. The van der Waals surface area contributed by atoms with Crippen LogP contribution in [0.2, 0.25) is 0 Å². The summed E-state index contributed by atoms with van der Waals surface area (Å²) in [7, 11) is 1.55. The van der Waals surface area contributed by atoms with Gasteiger partial charge < -0.3 is 16.0 Å². The molecular weight excluding hydrogens is 266 g/mol. The Morgan fingerprint density at radius 3 is 2.52 bits per heavy atom. The zero-order valence-corrected chi connectivity index (χ0v) is 12.4. The standard InChI is InChI=1S/C16H23N3O2/c1-17-15(20)11-18-16(21)19-14(10-12-6-5-7-12)13-8-3-2-4-9-13/h2-4,8-9,12,14H,5-7,10-11H2,1H3,(H,17,20)(H2,18,19,21)/t14-/m1/s1. The first kappa shape index (κ1) is 15.4. The normalized spacial score (nSPS) is 15.7. The third-order valence-corrected chi connectivity index (χ3v) is 3.99. The summed E-state index contributed by atoms with van der Waals surface area (Å²) in [6, 6.07) is 9.69. The lowest BCUT2D eigenvalue weighted by molar-refractivity contribution is -0.119. The number of likely N-dealkylation sites (N-methyl/N-ethyl adjacent to an activating group) is 1. The number of hydrogen-bond acceptors (Lipinski definition) is 2. The van der Waals surface area contributed by atoms with Gasteiger partial charge in [-0.3, -0.25) is 4.79 Å². The van der Waals surface area contributed by atoms with Crippen LogP contribution in [0.5, 0.6) is 0 Å². The highest BCUT2D eigenvalue weighted by atomic mass is 16.2. The van der Waals surface area contributed by atoms with Crippen LogP contribution in [0.25, 0.3) is 0 Å². The van der Waals surface area contributed by atoms with Gasteiger partial charge in [-0.15, -0.1) is 0 Å². The molecule has 1 aliphatic carbocycles. The summed E-state index contributed by atoms with van der Waals surface area (Å²) in [5.74, 6) is 0.481. The van der Waals surface area contributed by atoms with E-state index in [4.69, 9.17) is 0 Å². The number of carbonyl (C=O) groups is 2. The summed E-state index contributed by atoms with van der Waals surface area (Å²) in [5, 5.41) is 8.04. The highest BCUT2D eigenvalue weighted by molar-refractivity contribution is 5.83. The van der Waals surface area contributed by atoms with Gasteiger partial charge in [0.1, 0.15) is 0 Å². The first-order chi connectivity index (χ1) is 10.2. The quantitative estimate of drug-likeness (QED) is 0.749. The third-order valence-electron chi connectivity index (χ3n) is 3.99. The van der Waals surface area contributed by atoms with Crippen LogP contribution in [0.1, 0.15) is 37.3 Å². The molecular formula is C16H23N3O2. The van der Waals surface area contributed by atoms with E-state index < -0.39 is 0 Å². The maximum atomic E-state index is 11.9. The summed E-state index contributed by atoms with van der Waals surface area (Å²) in [6.45, 7) is -0.00668. The highest BCUT2D eigenvalue weighted by Crippen LogP contribution is 2.34. The molecule has 1 aromatic rings. The molecule has 0 aliphatic heterocycles. The van der Waals surface area contributed by atoms with Crippen molar-refractivity contribution in [2.24, 2.45) is 5.92 Å². The molecule has 0 aromatic heterocycles. The van der Waals surface area contributed by atoms with Crippen LogP contribution < -0.4 is 16.0 Å². The van der Waals surface area contributed by atoms with Gasteiger partial charge in [0.15, 0.2) is 0 Å². The fraction of sp³-hybridized carbons (Fsp3) is 0.500. The number of carbonyl (C=O) groups excluding carboxylic acids is 2. The SMILES string of the molecule is CNC(=O)CNC(=O)N[C@H](CC1CCC1)c1ccccc1. The predicted molar refractivity (Wildman–Crippen MR) is 81.7 cm³/mol. The minimum atomic E-state index is -0.299. The molecule has 114 valence electrons. The van der Waals surface area contributed by atoms with E-state index in [0.717, 1.165) is 12.0 Å². The molecule has 2 rings (SSSR count). The Labute approximate surface area is 125 Å². The van der Waals surface area contributed by atoms with Gasteiger partial charge in [-0.25, -0.2) is 4.79 Å². The molecule has 1 fully saturated rings. The molecule has 1 aromatic carbocycles. The molecule has 1 aliphatic rings. The second-order valence-electron chi connectivity index (χ2n) is 5.50. The molecule has 1 saturated carbocycles. The first-order valence-electron chi connectivity index (χ1n) is 7.49. The Balaban J connectivity index is 1.92. The molecule has 3 N–H and O–H groups in total. The molecule has 0 unspecified atom stereocenters. The van der Waals surface area contributed by atoms with E-state index in [-0.39, 0.29) is 24.5 Å². The molecule has 5 heteroatoms. The number of amides is 3. The van der Waals surface area contributed by atoms with Gasteiger partial charge >= 0.3 is 6.03 Å².